The first-order valence-electron chi connectivity index (χ1n) is 13.4. The summed E-state index contributed by atoms with van der Waals surface area (Å²) in [6.07, 6.45) is 5.91. The van der Waals surface area contributed by atoms with Crippen LogP contribution in [0.1, 0.15) is 50.4 Å². The summed E-state index contributed by atoms with van der Waals surface area (Å²) in [5.74, 6) is 2.32. The Balaban J connectivity index is 1.19. The number of carbonyl (C=O) groups excluding carboxylic acids is 2. The molecule has 206 valence electrons. The van der Waals surface area contributed by atoms with Crippen molar-refractivity contribution in [3.8, 4) is 28.5 Å². The standard InChI is InChI=1S/C28H33N5O6/c1-28(2,3)39-27(35)33-9-8-17(12-33)10-30-26(34)18-11-29-24-22(18)31-14-32-23(24)21-19(36-13-16-4-5-16)6-7-20-25(21)38-15-37-20/h6-7,11,14,16-17,29H,4-5,8-10,12-13,15H2,1-3H3,(H,30,34). The summed E-state index contributed by atoms with van der Waals surface area (Å²) < 4.78 is 23.1. The molecule has 1 atom stereocenters. The summed E-state index contributed by atoms with van der Waals surface area (Å²) in [4.78, 5) is 39.4. The summed E-state index contributed by atoms with van der Waals surface area (Å²) in [6.45, 7) is 7.89. The minimum Gasteiger partial charge on any atom is -0.492 e. The number of aromatic nitrogens is 3. The highest BCUT2D eigenvalue weighted by Gasteiger charge is 2.31. The van der Waals surface area contributed by atoms with Crippen molar-refractivity contribution in [3.63, 3.8) is 0 Å². The fraction of sp³-hybridized carbons (Fsp3) is 0.500. The number of aromatic amines is 1. The molecule has 2 fully saturated rings. The maximum absolute atomic E-state index is 13.2. The van der Waals surface area contributed by atoms with Gasteiger partial charge < -0.3 is 34.1 Å². The number of ether oxygens (including phenoxy) is 4. The van der Waals surface area contributed by atoms with E-state index in [9.17, 15) is 9.59 Å². The molecule has 11 nitrogen and oxygen atoms in total. The number of nitrogens with one attached hydrogen (secondary N) is 2. The molecule has 11 heteroatoms. The lowest BCUT2D eigenvalue weighted by Crippen LogP contribution is -2.36. The van der Waals surface area contributed by atoms with Gasteiger partial charge in [-0.2, -0.15) is 0 Å². The normalized spacial score (nSPS) is 18.4. The zero-order chi connectivity index (χ0) is 27.1. The van der Waals surface area contributed by atoms with Crippen molar-refractivity contribution in [2.24, 2.45) is 11.8 Å². The monoisotopic (exact) mass is 535 g/mol. The van der Waals surface area contributed by atoms with Crippen molar-refractivity contribution in [1.82, 2.24) is 25.2 Å². The van der Waals surface area contributed by atoms with E-state index < -0.39 is 5.60 Å². The van der Waals surface area contributed by atoms with Crippen molar-refractivity contribution >= 4 is 23.0 Å². The smallest absolute Gasteiger partial charge is 0.410 e. The molecule has 1 saturated heterocycles. The Morgan fingerprint density at radius 3 is 2.79 bits per heavy atom. The summed E-state index contributed by atoms with van der Waals surface area (Å²) in [5.41, 5.74) is 2.25. The van der Waals surface area contributed by atoms with Gasteiger partial charge in [0.15, 0.2) is 11.5 Å². The van der Waals surface area contributed by atoms with Crippen LogP contribution in [-0.2, 0) is 4.74 Å². The Hall–Kier alpha value is -4.02. The van der Waals surface area contributed by atoms with Gasteiger partial charge in [-0.25, -0.2) is 14.8 Å². The summed E-state index contributed by atoms with van der Waals surface area (Å²) in [7, 11) is 0. The van der Waals surface area contributed by atoms with Crippen LogP contribution in [0.5, 0.6) is 17.2 Å². The van der Waals surface area contributed by atoms with Crippen LogP contribution in [-0.4, -0.2) is 70.5 Å². The molecule has 2 N–H and O–H groups in total. The molecule has 1 aromatic carbocycles. The second kappa shape index (κ2) is 9.94. The minimum atomic E-state index is -0.539. The zero-order valence-electron chi connectivity index (χ0n) is 22.4. The van der Waals surface area contributed by atoms with Crippen LogP contribution in [0.4, 0.5) is 4.79 Å². The van der Waals surface area contributed by atoms with Gasteiger partial charge in [0.05, 0.1) is 23.3 Å². The maximum Gasteiger partial charge on any atom is 0.410 e. The van der Waals surface area contributed by atoms with Crippen molar-refractivity contribution in [1.29, 1.82) is 0 Å². The highest BCUT2D eigenvalue weighted by molar-refractivity contribution is 6.08. The Kier molecular flexibility index (Phi) is 6.44. The van der Waals surface area contributed by atoms with E-state index in [1.807, 2.05) is 32.9 Å². The van der Waals surface area contributed by atoms with Crippen LogP contribution in [0, 0.1) is 11.8 Å². The molecular weight excluding hydrogens is 502 g/mol. The van der Waals surface area contributed by atoms with Crippen molar-refractivity contribution in [2.45, 2.75) is 45.6 Å². The molecular formula is C28H33N5O6. The van der Waals surface area contributed by atoms with Gasteiger partial charge in [0.2, 0.25) is 6.79 Å². The molecule has 1 aliphatic carbocycles. The van der Waals surface area contributed by atoms with E-state index in [0.717, 1.165) is 6.42 Å². The summed E-state index contributed by atoms with van der Waals surface area (Å²) in [5, 5.41) is 3.01. The largest absolute Gasteiger partial charge is 0.492 e. The lowest BCUT2D eigenvalue weighted by Gasteiger charge is -2.24. The highest BCUT2D eigenvalue weighted by atomic mass is 16.7. The molecule has 1 saturated carbocycles. The topological polar surface area (TPSA) is 128 Å². The lowest BCUT2D eigenvalue weighted by molar-refractivity contribution is 0.0288. The number of H-pyrrole nitrogens is 1. The SMILES string of the molecule is CC(C)(C)OC(=O)N1CCC(CNC(=O)c2c[nH]c3c(-c4c(OCC5CC5)ccc5c4OCO5)ncnc23)C1. The van der Waals surface area contributed by atoms with Gasteiger partial charge in [0.1, 0.15) is 28.9 Å². The van der Waals surface area contributed by atoms with Gasteiger partial charge in [-0.05, 0) is 64.0 Å². The number of hydrogen-bond acceptors (Lipinski definition) is 8. The van der Waals surface area contributed by atoms with Crippen molar-refractivity contribution < 1.29 is 28.5 Å². The molecule has 0 bridgehead atoms. The Morgan fingerprint density at radius 1 is 1.15 bits per heavy atom. The zero-order valence-corrected chi connectivity index (χ0v) is 22.4. The van der Waals surface area contributed by atoms with Gasteiger partial charge in [-0.1, -0.05) is 0 Å². The van der Waals surface area contributed by atoms with E-state index in [1.54, 1.807) is 11.1 Å². The Labute approximate surface area is 226 Å². The van der Waals surface area contributed by atoms with E-state index >= 15 is 0 Å². The van der Waals surface area contributed by atoms with Crippen LogP contribution in [0.2, 0.25) is 0 Å². The van der Waals surface area contributed by atoms with E-state index in [4.69, 9.17) is 18.9 Å². The molecule has 3 aromatic rings. The number of likely N-dealkylation sites (tertiary alicyclic amines) is 1. The first-order valence-corrected chi connectivity index (χ1v) is 13.4. The molecule has 2 aliphatic heterocycles. The predicted octanol–water partition coefficient (Wildman–Crippen LogP) is 4.13. The molecule has 1 unspecified atom stereocenters. The molecule has 6 rings (SSSR count). The van der Waals surface area contributed by atoms with Gasteiger partial charge in [-0.15, -0.1) is 0 Å². The van der Waals surface area contributed by atoms with Crippen molar-refractivity contribution in [2.75, 3.05) is 33.0 Å². The minimum absolute atomic E-state index is 0.119. The van der Waals surface area contributed by atoms with Crippen LogP contribution >= 0.6 is 0 Å². The maximum atomic E-state index is 13.2. The number of carbonyl (C=O) groups is 2. The van der Waals surface area contributed by atoms with Gasteiger partial charge >= 0.3 is 6.09 Å². The first kappa shape index (κ1) is 25.3. The molecule has 4 heterocycles. The number of amides is 2. The van der Waals surface area contributed by atoms with E-state index in [1.165, 1.54) is 19.2 Å². The quantitative estimate of drug-likeness (QED) is 0.462. The van der Waals surface area contributed by atoms with E-state index in [2.05, 4.69) is 20.3 Å². The van der Waals surface area contributed by atoms with Gasteiger partial charge in [0.25, 0.3) is 5.91 Å². The van der Waals surface area contributed by atoms with Crippen LogP contribution in [0.15, 0.2) is 24.7 Å². The number of nitrogens with zero attached hydrogens (tertiary/aromatic N) is 3. The molecule has 3 aliphatic rings. The Morgan fingerprint density at radius 2 is 2.00 bits per heavy atom. The third-order valence-corrected chi connectivity index (χ3v) is 7.11. The van der Waals surface area contributed by atoms with Crippen molar-refractivity contribution in [3.05, 3.63) is 30.2 Å². The molecule has 0 radical (unpaired) electrons. The fourth-order valence-corrected chi connectivity index (χ4v) is 4.92. The number of fused-ring (bicyclic) bond motifs is 2. The third-order valence-electron chi connectivity index (χ3n) is 7.11. The molecule has 2 aromatic heterocycles. The molecule has 39 heavy (non-hydrogen) atoms. The Bertz CT molecular complexity index is 1410. The lowest BCUT2D eigenvalue weighted by atomic mass is 10.1. The average molecular weight is 536 g/mol. The van der Waals surface area contributed by atoms with E-state index in [-0.39, 0.29) is 24.7 Å². The van der Waals surface area contributed by atoms with Crippen LogP contribution < -0.4 is 19.5 Å². The average Bonchev–Trinajstić information content (AvgIpc) is 3.27. The number of rotatable bonds is 7. The van der Waals surface area contributed by atoms with Crippen LogP contribution in [0.3, 0.4) is 0 Å². The number of hydrogen-bond donors (Lipinski definition) is 2. The molecule has 2 amide bonds. The predicted molar refractivity (Wildman–Crippen MR) is 142 cm³/mol. The summed E-state index contributed by atoms with van der Waals surface area (Å²) >= 11 is 0. The number of benzene rings is 1. The van der Waals surface area contributed by atoms with E-state index in [0.29, 0.717) is 77.3 Å². The first-order chi connectivity index (χ1) is 18.8. The fourth-order valence-electron chi connectivity index (χ4n) is 4.92. The molecule has 0 spiro atoms. The second-order valence-corrected chi connectivity index (χ2v) is 11.4. The van der Waals surface area contributed by atoms with Crippen LogP contribution in [0.25, 0.3) is 22.3 Å². The second-order valence-electron chi connectivity index (χ2n) is 11.4. The highest BCUT2D eigenvalue weighted by Crippen LogP contribution is 2.48. The third kappa shape index (κ3) is 5.30. The van der Waals surface area contributed by atoms with Gasteiger partial charge in [0, 0.05) is 25.8 Å². The van der Waals surface area contributed by atoms with Gasteiger partial charge in [-0.3, -0.25) is 4.79 Å². The summed E-state index contributed by atoms with van der Waals surface area (Å²) in [6, 6.07) is 3.71.